The van der Waals surface area contributed by atoms with Gasteiger partial charge in [-0.25, -0.2) is 4.98 Å². The lowest BCUT2D eigenvalue weighted by Gasteiger charge is -2.14. The van der Waals surface area contributed by atoms with E-state index in [1.54, 1.807) is 44.7 Å². The molecule has 118 valence electrons. The number of rotatable bonds is 3. The van der Waals surface area contributed by atoms with Crippen molar-refractivity contribution in [1.82, 2.24) is 24.1 Å². The molecule has 4 heterocycles. The number of carbonyl (C=O) groups is 1. The van der Waals surface area contributed by atoms with Gasteiger partial charge in [0.25, 0.3) is 5.91 Å². The van der Waals surface area contributed by atoms with E-state index in [-0.39, 0.29) is 12.5 Å². The van der Waals surface area contributed by atoms with Crippen LogP contribution < -0.4 is 0 Å². The van der Waals surface area contributed by atoms with Crippen molar-refractivity contribution in [3.05, 3.63) is 52.7 Å². The number of pyridine rings is 1. The molecule has 0 saturated heterocycles. The van der Waals surface area contributed by atoms with Crippen LogP contribution in [-0.2, 0) is 19.6 Å². The van der Waals surface area contributed by atoms with E-state index in [4.69, 9.17) is 16.7 Å². The number of hydrogen-bond acceptors (Lipinski definition) is 4. The Morgan fingerprint density at radius 1 is 1.30 bits per heavy atom. The lowest BCUT2D eigenvalue weighted by molar-refractivity contribution is 0.0742. The second kappa shape index (κ2) is 5.36. The first-order valence-corrected chi connectivity index (χ1v) is 7.61. The van der Waals surface area contributed by atoms with Gasteiger partial charge in [-0.2, -0.15) is 5.10 Å². The minimum atomic E-state index is -0.128. The highest BCUT2D eigenvalue weighted by molar-refractivity contribution is 6.30. The molecule has 3 aromatic rings. The SMILES string of the molecule is O=C(c1cn2cc(Cl)ccc2n1)N1Cc2cnn(CCO)c2C1. The zero-order chi connectivity index (χ0) is 16.0. The smallest absolute Gasteiger partial charge is 0.274 e. The molecular formula is C15H14ClN5O2. The van der Waals surface area contributed by atoms with Crippen molar-refractivity contribution in [2.75, 3.05) is 6.61 Å². The number of fused-ring (bicyclic) bond motifs is 2. The molecule has 7 nitrogen and oxygen atoms in total. The van der Waals surface area contributed by atoms with Crippen LogP contribution in [0.3, 0.4) is 0 Å². The van der Waals surface area contributed by atoms with Crippen molar-refractivity contribution in [2.45, 2.75) is 19.6 Å². The van der Waals surface area contributed by atoms with E-state index in [0.717, 1.165) is 11.3 Å². The summed E-state index contributed by atoms with van der Waals surface area (Å²) in [4.78, 5) is 18.8. The summed E-state index contributed by atoms with van der Waals surface area (Å²) in [6.07, 6.45) is 5.16. The highest BCUT2D eigenvalue weighted by atomic mass is 35.5. The first-order valence-electron chi connectivity index (χ1n) is 7.23. The molecule has 0 aliphatic carbocycles. The predicted octanol–water partition coefficient (Wildman–Crippen LogP) is 1.33. The summed E-state index contributed by atoms with van der Waals surface area (Å²) in [6.45, 7) is 1.44. The van der Waals surface area contributed by atoms with E-state index in [1.165, 1.54) is 0 Å². The second-order valence-electron chi connectivity index (χ2n) is 5.46. The van der Waals surface area contributed by atoms with Crippen LogP contribution in [0, 0.1) is 0 Å². The average molecular weight is 332 g/mol. The van der Waals surface area contributed by atoms with Crippen LogP contribution in [0.1, 0.15) is 21.7 Å². The molecule has 0 bridgehead atoms. The fourth-order valence-electron chi connectivity index (χ4n) is 2.87. The lowest BCUT2D eigenvalue weighted by Crippen LogP contribution is -2.26. The number of hydrogen-bond donors (Lipinski definition) is 1. The molecular weight excluding hydrogens is 318 g/mol. The van der Waals surface area contributed by atoms with Gasteiger partial charge >= 0.3 is 0 Å². The third-order valence-electron chi connectivity index (χ3n) is 3.97. The highest BCUT2D eigenvalue weighted by Gasteiger charge is 2.28. The van der Waals surface area contributed by atoms with Crippen LogP contribution in [0.15, 0.2) is 30.7 Å². The number of halogens is 1. The van der Waals surface area contributed by atoms with E-state index in [2.05, 4.69) is 10.1 Å². The number of amides is 1. The normalized spacial score (nSPS) is 13.7. The van der Waals surface area contributed by atoms with Crippen molar-refractivity contribution in [3.8, 4) is 0 Å². The molecule has 0 saturated carbocycles. The molecule has 0 radical (unpaired) electrons. The van der Waals surface area contributed by atoms with Crippen molar-refractivity contribution in [1.29, 1.82) is 0 Å². The molecule has 23 heavy (non-hydrogen) atoms. The fourth-order valence-corrected chi connectivity index (χ4v) is 3.04. The summed E-state index contributed by atoms with van der Waals surface area (Å²) in [5.41, 5.74) is 3.05. The van der Waals surface area contributed by atoms with Gasteiger partial charge in [-0.1, -0.05) is 11.6 Å². The molecule has 1 aliphatic rings. The largest absolute Gasteiger partial charge is 0.394 e. The monoisotopic (exact) mass is 331 g/mol. The molecule has 1 N–H and O–H groups in total. The van der Waals surface area contributed by atoms with Gasteiger partial charge in [-0.15, -0.1) is 0 Å². The Morgan fingerprint density at radius 2 is 2.17 bits per heavy atom. The minimum Gasteiger partial charge on any atom is -0.394 e. The van der Waals surface area contributed by atoms with Crippen LogP contribution >= 0.6 is 11.6 Å². The van der Waals surface area contributed by atoms with Gasteiger partial charge in [0.2, 0.25) is 0 Å². The standard InChI is InChI=1S/C15H14ClN5O2/c16-11-1-2-14-18-12(8-19(14)7-11)15(23)20-6-10-5-17-21(3-4-22)13(10)9-20/h1-2,5,7-8,22H,3-4,6,9H2. The molecule has 0 fully saturated rings. The first-order chi connectivity index (χ1) is 11.2. The Hall–Kier alpha value is -2.38. The van der Waals surface area contributed by atoms with Crippen molar-refractivity contribution in [3.63, 3.8) is 0 Å². The molecule has 0 spiro atoms. The van der Waals surface area contributed by atoms with Crippen LogP contribution in [-0.4, -0.2) is 41.7 Å². The van der Waals surface area contributed by atoms with Gasteiger partial charge in [0, 0.05) is 24.5 Å². The molecule has 0 unspecified atom stereocenters. The van der Waals surface area contributed by atoms with Crippen LogP contribution in [0.5, 0.6) is 0 Å². The molecule has 8 heteroatoms. The lowest BCUT2D eigenvalue weighted by atomic mass is 10.3. The van der Waals surface area contributed by atoms with Crippen LogP contribution in [0.2, 0.25) is 5.02 Å². The maximum absolute atomic E-state index is 12.7. The molecule has 0 atom stereocenters. The summed E-state index contributed by atoms with van der Waals surface area (Å²) in [7, 11) is 0. The van der Waals surface area contributed by atoms with E-state index in [1.807, 2.05) is 0 Å². The number of aliphatic hydroxyl groups excluding tert-OH is 1. The predicted molar refractivity (Wildman–Crippen MR) is 83.1 cm³/mol. The molecule has 0 aromatic carbocycles. The second-order valence-corrected chi connectivity index (χ2v) is 5.90. The van der Waals surface area contributed by atoms with E-state index < -0.39 is 0 Å². The number of aromatic nitrogens is 4. The Morgan fingerprint density at radius 3 is 3.00 bits per heavy atom. The minimum absolute atomic E-state index is 0.0231. The Balaban J connectivity index is 1.59. The van der Waals surface area contributed by atoms with Gasteiger partial charge < -0.3 is 14.4 Å². The summed E-state index contributed by atoms with van der Waals surface area (Å²) in [5, 5.41) is 13.9. The summed E-state index contributed by atoms with van der Waals surface area (Å²) < 4.78 is 3.48. The third kappa shape index (κ3) is 2.38. The van der Waals surface area contributed by atoms with Gasteiger partial charge in [-0.3, -0.25) is 9.48 Å². The number of nitrogens with zero attached hydrogens (tertiary/aromatic N) is 5. The molecule has 1 aliphatic heterocycles. The maximum atomic E-state index is 12.7. The van der Waals surface area contributed by atoms with Crippen molar-refractivity contribution < 1.29 is 9.90 Å². The Kier molecular flexibility index (Phi) is 3.32. The maximum Gasteiger partial charge on any atom is 0.274 e. The summed E-state index contributed by atoms with van der Waals surface area (Å²) >= 11 is 5.95. The van der Waals surface area contributed by atoms with E-state index in [9.17, 15) is 4.79 Å². The van der Waals surface area contributed by atoms with Crippen molar-refractivity contribution in [2.24, 2.45) is 0 Å². The number of imidazole rings is 1. The molecule has 4 rings (SSSR count). The highest BCUT2D eigenvalue weighted by Crippen LogP contribution is 2.24. The number of carbonyl (C=O) groups excluding carboxylic acids is 1. The first kappa shape index (κ1) is 14.2. The molecule has 1 amide bonds. The van der Waals surface area contributed by atoms with Crippen LogP contribution in [0.25, 0.3) is 5.65 Å². The van der Waals surface area contributed by atoms with Gasteiger partial charge in [0.15, 0.2) is 0 Å². The van der Waals surface area contributed by atoms with Crippen molar-refractivity contribution >= 4 is 23.2 Å². The van der Waals surface area contributed by atoms with Gasteiger partial charge in [0.05, 0.1) is 36.6 Å². The van der Waals surface area contributed by atoms with Gasteiger partial charge in [0.1, 0.15) is 11.3 Å². The zero-order valence-electron chi connectivity index (χ0n) is 12.2. The number of aliphatic hydroxyl groups is 1. The zero-order valence-corrected chi connectivity index (χ0v) is 12.9. The Bertz CT molecular complexity index is 901. The topological polar surface area (TPSA) is 75.7 Å². The quantitative estimate of drug-likeness (QED) is 0.785. The molecule has 3 aromatic heterocycles. The average Bonchev–Trinajstić information content (AvgIpc) is 3.21. The van der Waals surface area contributed by atoms with E-state index >= 15 is 0 Å². The summed E-state index contributed by atoms with van der Waals surface area (Å²) in [5.74, 6) is -0.128. The fraction of sp³-hybridized carbons (Fsp3) is 0.267. The third-order valence-corrected chi connectivity index (χ3v) is 4.19. The van der Waals surface area contributed by atoms with Crippen LogP contribution in [0.4, 0.5) is 0 Å². The Labute approximate surface area is 136 Å². The van der Waals surface area contributed by atoms with E-state index in [0.29, 0.717) is 36.0 Å². The summed E-state index contributed by atoms with van der Waals surface area (Å²) in [6, 6.07) is 3.52. The van der Waals surface area contributed by atoms with Gasteiger partial charge in [-0.05, 0) is 12.1 Å².